The van der Waals surface area contributed by atoms with Crippen LogP contribution in [0.1, 0.15) is 24.4 Å². The second-order valence-electron chi connectivity index (χ2n) is 9.30. The molecule has 0 aliphatic carbocycles. The molecule has 2 aromatic carbocycles. The van der Waals surface area contributed by atoms with E-state index in [0.717, 1.165) is 55.2 Å². The smallest absolute Gasteiger partial charge is 0.185 e. The van der Waals surface area contributed by atoms with Gasteiger partial charge in [-0.05, 0) is 37.1 Å². The maximum absolute atomic E-state index is 6.00. The molecule has 3 heterocycles. The third-order valence-corrected chi connectivity index (χ3v) is 6.59. The van der Waals surface area contributed by atoms with E-state index in [2.05, 4.69) is 51.6 Å². The summed E-state index contributed by atoms with van der Waals surface area (Å²) in [5, 5.41) is 9.58. The van der Waals surface area contributed by atoms with Crippen molar-refractivity contribution in [3.8, 4) is 28.5 Å². The molecule has 1 saturated heterocycles. The Bertz CT molecular complexity index is 1300. The number of hydrogen-bond acceptors (Lipinski definition) is 6. The monoisotopic (exact) mass is 498 g/mol. The Hall–Kier alpha value is -3.75. The number of nitrogens with zero attached hydrogens (tertiary/aromatic N) is 6. The van der Waals surface area contributed by atoms with Gasteiger partial charge in [-0.15, -0.1) is 11.7 Å². The van der Waals surface area contributed by atoms with Gasteiger partial charge in [0, 0.05) is 26.4 Å². The molecule has 8 heteroatoms. The first-order chi connectivity index (χ1) is 18.2. The number of rotatable bonds is 11. The van der Waals surface area contributed by atoms with Crippen LogP contribution in [0.5, 0.6) is 5.75 Å². The van der Waals surface area contributed by atoms with Crippen LogP contribution in [0.3, 0.4) is 0 Å². The zero-order chi connectivity index (χ0) is 25.5. The molecule has 0 radical (unpaired) electrons. The molecule has 1 fully saturated rings. The van der Waals surface area contributed by atoms with E-state index in [9.17, 15) is 0 Å². The van der Waals surface area contributed by atoms with Gasteiger partial charge in [0.05, 0.1) is 36.5 Å². The second kappa shape index (κ2) is 12.0. The van der Waals surface area contributed by atoms with E-state index in [4.69, 9.17) is 19.6 Å². The summed E-state index contributed by atoms with van der Waals surface area (Å²) >= 11 is 0. The highest BCUT2D eigenvalue weighted by molar-refractivity contribution is 5.66. The molecule has 0 amide bonds. The number of benzene rings is 2. The molecule has 0 bridgehead atoms. The van der Waals surface area contributed by atoms with Crippen molar-refractivity contribution in [1.29, 1.82) is 0 Å². The molecule has 5 rings (SSSR count). The average Bonchev–Trinajstić information content (AvgIpc) is 3.58. The SMILES string of the molecule is C=CCn1cc(-c2nc(-c3ccccc3OCCOC)nn2C2CCCN(Cc3ccccc3)C2)cn1. The lowest BCUT2D eigenvalue weighted by Gasteiger charge is -2.33. The van der Waals surface area contributed by atoms with Crippen LogP contribution >= 0.6 is 0 Å². The van der Waals surface area contributed by atoms with Gasteiger partial charge in [-0.1, -0.05) is 48.5 Å². The normalized spacial score (nSPS) is 16.1. The number of methoxy groups -OCH3 is 1. The van der Waals surface area contributed by atoms with Crippen molar-refractivity contribution < 1.29 is 9.47 Å². The average molecular weight is 499 g/mol. The molecule has 2 aromatic heterocycles. The molecule has 8 nitrogen and oxygen atoms in total. The van der Waals surface area contributed by atoms with Gasteiger partial charge in [-0.3, -0.25) is 9.58 Å². The Morgan fingerprint density at radius 3 is 2.76 bits per heavy atom. The van der Waals surface area contributed by atoms with Crippen LogP contribution < -0.4 is 4.74 Å². The highest BCUT2D eigenvalue weighted by atomic mass is 16.5. The van der Waals surface area contributed by atoms with E-state index in [1.54, 1.807) is 7.11 Å². The van der Waals surface area contributed by atoms with Crippen molar-refractivity contribution >= 4 is 0 Å². The molecule has 1 atom stereocenters. The van der Waals surface area contributed by atoms with E-state index in [1.807, 2.05) is 47.4 Å². The van der Waals surface area contributed by atoms with Crippen molar-refractivity contribution in [1.82, 2.24) is 29.4 Å². The number of ether oxygens (including phenoxy) is 2. The van der Waals surface area contributed by atoms with E-state index in [0.29, 0.717) is 25.6 Å². The minimum atomic E-state index is 0.207. The van der Waals surface area contributed by atoms with Crippen molar-refractivity contribution in [2.24, 2.45) is 0 Å². The third kappa shape index (κ3) is 5.98. The third-order valence-electron chi connectivity index (χ3n) is 6.59. The molecular formula is C29H34N6O2. The standard InChI is InChI=1S/C29H34N6O2/c1-3-15-34-21-24(19-30-34)29-31-28(26-13-7-8-14-27(26)37-18-17-36-2)32-35(29)25-12-9-16-33(22-25)20-23-10-5-4-6-11-23/h3-8,10-11,13-14,19,21,25H,1,9,12,15-18,20,22H2,2H3. The quantitative estimate of drug-likeness (QED) is 0.217. The van der Waals surface area contributed by atoms with Gasteiger partial charge in [0.2, 0.25) is 0 Å². The molecule has 4 aromatic rings. The zero-order valence-electron chi connectivity index (χ0n) is 21.4. The minimum Gasteiger partial charge on any atom is -0.490 e. The van der Waals surface area contributed by atoms with E-state index >= 15 is 0 Å². The molecule has 1 unspecified atom stereocenters. The molecular weight excluding hydrogens is 464 g/mol. The Labute approximate surface area is 218 Å². The molecule has 1 aliphatic rings. The summed E-state index contributed by atoms with van der Waals surface area (Å²) in [6.45, 7) is 8.39. The number of allylic oxidation sites excluding steroid dienone is 1. The van der Waals surface area contributed by atoms with Gasteiger partial charge in [0.1, 0.15) is 12.4 Å². The van der Waals surface area contributed by atoms with Gasteiger partial charge in [-0.25, -0.2) is 9.67 Å². The fourth-order valence-corrected chi connectivity index (χ4v) is 4.83. The Balaban J connectivity index is 1.48. The van der Waals surface area contributed by atoms with Crippen molar-refractivity contribution in [3.63, 3.8) is 0 Å². The Kier molecular flexibility index (Phi) is 8.08. The minimum absolute atomic E-state index is 0.207. The first-order valence-corrected chi connectivity index (χ1v) is 12.8. The number of piperidine rings is 1. The van der Waals surface area contributed by atoms with Crippen molar-refractivity contribution in [3.05, 3.63) is 85.2 Å². The number of hydrogen-bond donors (Lipinski definition) is 0. The van der Waals surface area contributed by atoms with E-state index in [-0.39, 0.29) is 6.04 Å². The molecule has 1 aliphatic heterocycles. The zero-order valence-corrected chi connectivity index (χ0v) is 21.4. The Morgan fingerprint density at radius 1 is 1.08 bits per heavy atom. The maximum Gasteiger partial charge on any atom is 0.185 e. The number of likely N-dealkylation sites (tertiary alicyclic amines) is 1. The fraction of sp³-hybridized carbons (Fsp3) is 0.345. The summed E-state index contributed by atoms with van der Waals surface area (Å²) in [5.74, 6) is 2.23. The van der Waals surface area contributed by atoms with Crippen molar-refractivity contribution in [2.75, 3.05) is 33.4 Å². The fourth-order valence-electron chi connectivity index (χ4n) is 4.83. The van der Waals surface area contributed by atoms with Gasteiger partial charge in [0.25, 0.3) is 0 Å². The topological polar surface area (TPSA) is 70.2 Å². The molecule has 192 valence electrons. The summed E-state index contributed by atoms with van der Waals surface area (Å²) in [6, 6.07) is 18.8. The van der Waals surface area contributed by atoms with Crippen LogP contribution in [0.4, 0.5) is 0 Å². The predicted octanol–water partition coefficient (Wildman–Crippen LogP) is 4.86. The van der Waals surface area contributed by atoms with Gasteiger partial charge in [-0.2, -0.15) is 5.10 Å². The first-order valence-electron chi connectivity index (χ1n) is 12.8. The maximum atomic E-state index is 6.00. The largest absolute Gasteiger partial charge is 0.490 e. The molecule has 37 heavy (non-hydrogen) atoms. The first kappa shape index (κ1) is 24.9. The summed E-state index contributed by atoms with van der Waals surface area (Å²) in [7, 11) is 1.67. The van der Waals surface area contributed by atoms with Gasteiger partial charge < -0.3 is 9.47 Å². The van der Waals surface area contributed by atoms with E-state index in [1.165, 1.54) is 5.56 Å². The summed E-state index contributed by atoms with van der Waals surface area (Å²) in [4.78, 5) is 7.55. The van der Waals surface area contributed by atoms with Gasteiger partial charge in [0.15, 0.2) is 11.6 Å². The van der Waals surface area contributed by atoms with E-state index < -0.39 is 0 Å². The van der Waals surface area contributed by atoms with Crippen LogP contribution in [0, 0.1) is 0 Å². The highest BCUT2D eigenvalue weighted by Crippen LogP contribution is 2.33. The highest BCUT2D eigenvalue weighted by Gasteiger charge is 2.27. The summed E-state index contributed by atoms with van der Waals surface area (Å²) < 4.78 is 15.1. The summed E-state index contributed by atoms with van der Waals surface area (Å²) in [5.41, 5.74) is 3.14. The van der Waals surface area contributed by atoms with Gasteiger partial charge >= 0.3 is 0 Å². The van der Waals surface area contributed by atoms with Crippen LogP contribution in [-0.4, -0.2) is 62.9 Å². The van der Waals surface area contributed by atoms with Crippen LogP contribution in [0.25, 0.3) is 22.8 Å². The second-order valence-corrected chi connectivity index (χ2v) is 9.30. The molecule has 0 N–H and O–H groups in total. The van der Waals surface area contributed by atoms with Crippen LogP contribution in [0.15, 0.2) is 79.6 Å². The lowest BCUT2D eigenvalue weighted by Crippen LogP contribution is -2.36. The molecule has 0 spiro atoms. The lowest BCUT2D eigenvalue weighted by molar-refractivity contribution is 0.146. The van der Waals surface area contributed by atoms with Crippen LogP contribution in [-0.2, 0) is 17.8 Å². The summed E-state index contributed by atoms with van der Waals surface area (Å²) in [6.07, 6.45) is 7.87. The predicted molar refractivity (Wildman–Crippen MR) is 144 cm³/mol. The number of para-hydroxylation sites is 1. The number of aromatic nitrogens is 5. The molecule has 0 saturated carbocycles. The van der Waals surface area contributed by atoms with Crippen molar-refractivity contribution in [2.45, 2.75) is 32.0 Å². The van der Waals surface area contributed by atoms with Crippen LogP contribution in [0.2, 0.25) is 0 Å². The lowest BCUT2D eigenvalue weighted by atomic mass is 10.0. The Morgan fingerprint density at radius 2 is 1.92 bits per heavy atom.